The fourth-order valence-electron chi connectivity index (χ4n) is 4.35. The number of hydrogen-bond acceptors (Lipinski definition) is 5. The minimum atomic E-state index is -0.0989. The molecule has 0 radical (unpaired) electrons. The van der Waals surface area contributed by atoms with Crippen LogP contribution in [0.5, 0.6) is 17.2 Å². The van der Waals surface area contributed by atoms with Crippen LogP contribution in [0.2, 0.25) is 0 Å². The number of carbonyl (C=O) groups is 1. The predicted octanol–water partition coefficient (Wildman–Crippen LogP) is 4.66. The van der Waals surface area contributed by atoms with Crippen LogP contribution in [-0.4, -0.2) is 43.1 Å². The quantitative estimate of drug-likeness (QED) is 0.605. The van der Waals surface area contributed by atoms with Gasteiger partial charge in [0.1, 0.15) is 17.2 Å². The minimum Gasteiger partial charge on any atom is -0.508 e. The Morgan fingerprint density at radius 1 is 1.10 bits per heavy atom. The van der Waals surface area contributed by atoms with E-state index in [9.17, 15) is 9.90 Å². The van der Waals surface area contributed by atoms with Crippen molar-refractivity contribution in [2.75, 3.05) is 27.3 Å². The van der Waals surface area contributed by atoms with Gasteiger partial charge in [0, 0.05) is 30.6 Å². The molecule has 1 fully saturated rings. The Hall–Kier alpha value is -3.05. The Kier molecular flexibility index (Phi) is 5.91. The first-order valence-electron chi connectivity index (χ1n) is 10.3. The standard InChI is InChI=1S/C25H27NO4/c1-29-19-10-11-21(24(14-19)30-2)25(28)18-7-5-13-26(15-18)16-22-20-8-4-3-6-17(20)9-12-23(22)27/h3-4,6,8-12,14,18,27H,5,7,13,15-16H2,1-2H3/t18-/m0/s1. The molecular weight excluding hydrogens is 378 g/mol. The number of hydrogen-bond donors (Lipinski definition) is 1. The van der Waals surface area contributed by atoms with Crippen molar-refractivity contribution >= 4 is 16.6 Å². The van der Waals surface area contributed by atoms with Gasteiger partial charge in [0.25, 0.3) is 0 Å². The molecule has 0 aromatic heterocycles. The van der Waals surface area contributed by atoms with Gasteiger partial charge in [0.15, 0.2) is 5.78 Å². The van der Waals surface area contributed by atoms with E-state index in [1.807, 2.05) is 24.3 Å². The van der Waals surface area contributed by atoms with Gasteiger partial charge in [-0.1, -0.05) is 30.3 Å². The molecule has 0 saturated carbocycles. The fraction of sp³-hybridized carbons (Fsp3) is 0.320. The summed E-state index contributed by atoms with van der Waals surface area (Å²) in [6, 6.07) is 17.1. The van der Waals surface area contributed by atoms with E-state index in [1.54, 1.807) is 38.5 Å². The number of nitrogens with zero attached hydrogens (tertiary/aromatic N) is 1. The summed E-state index contributed by atoms with van der Waals surface area (Å²) in [6.45, 7) is 2.19. The highest BCUT2D eigenvalue weighted by atomic mass is 16.5. The van der Waals surface area contributed by atoms with Crippen molar-refractivity contribution < 1.29 is 19.4 Å². The molecule has 3 aromatic carbocycles. The number of carbonyl (C=O) groups excluding carboxylic acids is 1. The molecule has 4 rings (SSSR count). The normalized spacial score (nSPS) is 17.1. The summed E-state index contributed by atoms with van der Waals surface area (Å²) in [6.07, 6.45) is 1.80. The second kappa shape index (κ2) is 8.76. The molecule has 1 aliphatic heterocycles. The molecule has 1 aliphatic rings. The van der Waals surface area contributed by atoms with Gasteiger partial charge in [-0.25, -0.2) is 0 Å². The van der Waals surface area contributed by atoms with Gasteiger partial charge >= 0.3 is 0 Å². The first kappa shape index (κ1) is 20.2. The van der Waals surface area contributed by atoms with Crippen molar-refractivity contribution in [1.29, 1.82) is 0 Å². The highest BCUT2D eigenvalue weighted by molar-refractivity contribution is 6.00. The van der Waals surface area contributed by atoms with Crippen LogP contribution in [0.15, 0.2) is 54.6 Å². The van der Waals surface area contributed by atoms with Gasteiger partial charge in [-0.3, -0.25) is 9.69 Å². The van der Waals surface area contributed by atoms with Crippen LogP contribution in [0, 0.1) is 5.92 Å². The highest BCUT2D eigenvalue weighted by Gasteiger charge is 2.29. The van der Waals surface area contributed by atoms with Crippen LogP contribution < -0.4 is 9.47 Å². The monoisotopic (exact) mass is 405 g/mol. The van der Waals surface area contributed by atoms with E-state index in [0.717, 1.165) is 35.7 Å². The number of likely N-dealkylation sites (tertiary alicyclic amines) is 1. The van der Waals surface area contributed by atoms with Gasteiger partial charge in [-0.05, 0) is 48.4 Å². The lowest BCUT2D eigenvalue weighted by molar-refractivity contribution is 0.0808. The second-order valence-electron chi connectivity index (χ2n) is 7.79. The first-order chi connectivity index (χ1) is 14.6. The Labute approximate surface area is 176 Å². The molecule has 1 heterocycles. The van der Waals surface area contributed by atoms with Crippen LogP contribution in [-0.2, 0) is 6.54 Å². The maximum atomic E-state index is 13.3. The van der Waals surface area contributed by atoms with E-state index in [4.69, 9.17) is 9.47 Å². The largest absolute Gasteiger partial charge is 0.508 e. The molecule has 156 valence electrons. The number of piperidine rings is 1. The van der Waals surface area contributed by atoms with Crippen LogP contribution >= 0.6 is 0 Å². The van der Waals surface area contributed by atoms with Crippen molar-refractivity contribution in [3.05, 3.63) is 65.7 Å². The van der Waals surface area contributed by atoms with Crippen LogP contribution in [0.25, 0.3) is 10.8 Å². The zero-order chi connectivity index (χ0) is 21.1. The maximum absolute atomic E-state index is 13.3. The maximum Gasteiger partial charge on any atom is 0.170 e. The number of ether oxygens (including phenoxy) is 2. The third kappa shape index (κ3) is 3.98. The summed E-state index contributed by atoms with van der Waals surface area (Å²) in [5, 5.41) is 12.7. The fourth-order valence-corrected chi connectivity index (χ4v) is 4.35. The number of fused-ring (bicyclic) bond motifs is 1. The van der Waals surface area contributed by atoms with Gasteiger partial charge in [-0.15, -0.1) is 0 Å². The summed E-state index contributed by atoms with van der Waals surface area (Å²) in [5.74, 6) is 1.52. The molecule has 0 unspecified atom stereocenters. The number of Topliss-reactive ketones (excluding diaryl/α,β-unsaturated/α-hetero) is 1. The number of methoxy groups -OCH3 is 2. The van der Waals surface area contributed by atoms with E-state index in [0.29, 0.717) is 35.9 Å². The molecular formula is C25H27NO4. The van der Waals surface area contributed by atoms with Gasteiger partial charge in [-0.2, -0.15) is 0 Å². The molecule has 0 spiro atoms. The molecule has 1 N–H and O–H groups in total. The zero-order valence-corrected chi connectivity index (χ0v) is 17.4. The SMILES string of the molecule is COc1ccc(C(=O)[C@H]2CCCN(Cc3c(O)ccc4ccccc34)C2)c(OC)c1. The number of phenolic OH excluding ortho intramolecular Hbond substituents is 1. The molecule has 1 saturated heterocycles. The Bertz CT molecular complexity index is 1060. The third-order valence-electron chi connectivity index (χ3n) is 5.95. The average molecular weight is 405 g/mol. The highest BCUT2D eigenvalue weighted by Crippen LogP contribution is 2.32. The first-order valence-corrected chi connectivity index (χ1v) is 10.3. The lowest BCUT2D eigenvalue weighted by atomic mass is 9.89. The lowest BCUT2D eigenvalue weighted by Crippen LogP contribution is -2.38. The lowest BCUT2D eigenvalue weighted by Gasteiger charge is -2.32. The third-order valence-corrected chi connectivity index (χ3v) is 5.95. The second-order valence-corrected chi connectivity index (χ2v) is 7.79. The van der Waals surface area contributed by atoms with Crippen molar-refractivity contribution in [1.82, 2.24) is 4.90 Å². The Morgan fingerprint density at radius 2 is 1.93 bits per heavy atom. The number of phenols is 1. The Balaban J connectivity index is 1.55. The van der Waals surface area contributed by atoms with Gasteiger partial charge < -0.3 is 14.6 Å². The van der Waals surface area contributed by atoms with E-state index in [2.05, 4.69) is 11.0 Å². The van der Waals surface area contributed by atoms with Crippen LogP contribution in [0.1, 0.15) is 28.8 Å². The molecule has 0 bridgehead atoms. The van der Waals surface area contributed by atoms with Crippen molar-refractivity contribution in [2.24, 2.45) is 5.92 Å². The predicted molar refractivity (Wildman–Crippen MR) is 117 cm³/mol. The number of benzene rings is 3. The molecule has 5 heteroatoms. The van der Waals surface area contributed by atoms with E-state index < -0.39 is 0 Å². The van der Waals surface area contributed by atoms with Crippen LogP contribution in [0.4, 0.5) is 0 Å². The minimum absolute atomic E-state index is 0.0985. The molecule has 0 amide bonds. The van der Waals surface area contributed by atoms with E-state index in [-0.39, 0.29) is 11.7 Å². The number of rotatable bonds is 6. The summed E-state index contributed by atoms with van der Waals surface area (Å²) >= 11 is 0. The molecule has 0 aliphatic carbocycles. The average Bonchev–Trinajstić information content (AvgIpc) is 2.80. The van der Waals surface area contributed by atoms with Crippen LogP contribution in [0.3, 0.4) is 0 Å². The summed E-state index contributed by atoms with van der Waals surface area (Å²) in [4.78, 5) is 15.5. The molecule has 30 heavy (non-hydrogen) atoms. The summed E-state index contributed by atoms with van der Waals surface area (Å²) in [5.41, 5.74) is 1.52. The summed E-state index contributed by atoms with van der Waals surface area (Å²) in [7, 11) is 3.17. The van der Waals surface area contributed by atoms with Gasteiger partial charge in [0.2, 0.25) is 0 Å². The van der Waals surface area contributed by atoms with E-state index >= 15 is 0 Å². The number of ketones is 1. The van der Waals surface area contributed by atoms with Gasteiger partial charge in [0.05, 0.1) is 19.8 Å². The topological polar surface area (TPSA) is 59.0 Å². The zero-order valence-electron chi connectivity index (χ0n) is 17.4. The van der Waals surface area contributed by atoms with Crippen molar-refractivity contribution in [2.45, 2.75) is 19.4 Å². The molecule has 3 aromatic rings. The molecule has 1 atom stereocenters. The number of aromatic hydroxyl groups is 1. The van der Waals surface area contributed by atoms with E-state index in [1.165, 1.54) is 0 Å². The molecule has 5 nitrogen and oxygen atoms in total. The smallest absolute Gasteiger partial charge is 0.170 e. The summed E-state index contributed by atoms with van der Waals surface area (Å²) < 4.78 is 10.7. The Morgan fingerprint density at radius 3 is 2.73 bits per heavy atom. The van der Waals surface area contributed by atoms with Crippen molar-refractivity contribution in [3.63, 3.8) is 0 Å². The van der Waals surface area contributed by atoms with Crippen molar-refractivity contribution in [3.8, 4) is 17.2 Å².